The number of aromatic nitrogens is 3. The molecule has 1 N–H and O–H groups in total. The number of halogens is 3. The fraction of sp³-hybridized carbons (Fsp3) is 0.429. The van der Waals surface area contributed by atoms with Crippen molar-refractivity contribution in [3.05, 3.63) is 47.0 Å². The van der Waals surface area contributed by atoms with Crippen LogP contribution in [0.1, 0.15) is 41.7 Å². The van der Waals surface area contributed by atoms with E-state index in [9.17, 15) is 18.3 Å². The molecule has 4 nitrogen and oxygen atoms in total. The van der Waals surface area contributed by atoms with Crippen LogP contribution in [0.2, 0.25) is 0 Å². The molecule has 7 heteroatoms. The lowest BCUT2D eigenvalue weighted by molar-refractivity contribution is -0.138. The van der Waals surface area contributed by atoms with Gasteiger partial charge in [-0.1, -0.05) is 18.2 Å². The van der Waals surface area contributed by atoms with E-state index in [1.54, 1.807) is 10.6 Å². The van der Waals surface area contributed by atoms with Gasteiger partial charge in [0, 0.05) is 13.0 Å². The van der Waals surface area contributed by atoms with Gasteiger partial charge in [-0.05, 0) is 24.5 Å². The molecule has 1 atom stereocenters. The fourth-order valence-electron chi connectivity index (χ4n) is 2.66. The fourth-order valence-corrected chi connectivity index (χ4v) is 2.66. The van der Waals surface area contributed by atoms with Crippen LogP contribution in [0.25, 0.3) is 0 Å². The van der Waals surface area contributed by atoms with Gasteiger partial charge in [0.1, 0.15) is 11.9 Å². The number of nitrogens with zero attached hydrogens (tertiary/aromatic N) is 3. The molecule has 21 heavy (non-hydrogen) atoms. The Balaban J connectivity index is 1.95. The Hall–Kier alpha value is -1.89. The average Bonchev–Trinajstić information content (AvgIpc) is 2.83. The first-order valence-electron chi connectivity index (χ1n) is 6.72. The molecule has 1 aromatic carbocycles. The molecule has 2 heterocycles. The topological polar surface area (TPSA) is 50.9 Å². The summed E-state index contributed by atoms with van der Waals surface area (Å²) in [4.78, 5) is 0. The monoisotopic (exact) mass is 297 g/mol. The third-order valence-electron chi connectivity index (χ3n) is 3.68. The molecule has 112 valence electrons. The zero-order valence-electron chi connectivity index (χ0n) is 11.1. The summed E-state index contributed by atoms with van der Waals surface area (Å²) in [5, 5.41) is 17.7. The maximum absolute atomic E-state index is 13.0. The van der Waals surface area contributed by atoms with Crippen LogP contribution in [-0.4, -0.2) is 19.9 Å². The first-order chi connectivity index (χ1) is 9.97. The van der Waals surface area contributed by atoms with Crippen molar-refractivity contribution in [2.24, 2.45) is 0 Å². The van der Waals surface area contributed by atoms with Gasteiger partial charge < -0.3 is 9.67 Å². The van der Waals surface area contributed by atoms with Gasteiger partial charge in [-0.25, -0.2) is 0 Å². The van der Waals surface area contributed by atoms with Crippen molar-refractivity contribution in [1.29, 1.82) is 0 Å². The number of aliphatic hydroxyl groups excluding tert-OH is 1. The Morgan fingerprint density at radius 3 is 2.76 bits per heavy atom. The summed E-state index contributed by atoms with van der Waals surface area (Å²) in [6.07, 6.45) is -3.65. The normalized spacial score (nSPS) is 18.6. The van der Waals surface area contributed by atoms with Gasteiger partial charge in [0.05, 0.1) is 5.56 Å². The highest BCUT2D eigenvalue weighted by atomic mass is 19.4. The van der Waals surface area contributed by atoms with Crippen molar-refractivity contribution >= 4 is 0 Å². The van der Waals surface area contributed by atoms with E-state index in [4.69, 9.17) is 0 Å². The molecule has 0 saturated heterocycles. The average molecular weight is 297 g/mol. The Bertz CT molecular complexity index is 651. The van der Waals surface area contributed by atoms with Crippen molar-refractivity contribution in [2.75, 3.05) is 0 Å². The van der Waals surface area contributed by atoms with Crippen LogP contribution in [0.5, 0.6) is 0 Å². The molecule has 0 spiro atoms. The number of aliphatic hydroxyl groups is 1. The molecule has 2 aromatic rings. The van der Waals surface area contributed by atoms with Gasteiger partial charge in [0.15, 0.2) is 5.82 Å². The summed E-state index contributed by atoms with van der Waals surface area (Å²) in [5.74, 6) is 0.904. The predicted molar refractivity (Wildman–Crippen MR) is 68.5 cm³/mol. The summed E-state index contributed by atoms with van der Waals surface area (Å²) in [7, 11) is 0. The molecule has 1 aliphatic rings. The maximum atomic E-state index is 13.0. The van der Waals surface area contributed by atoms with Gasteiger partial charge in [-0.15, -0.1) is 10.2 Å². The molecule has 1 unspecified atom stereocenters. The molecule has 0 fully saturated rings. The highest BCUT2D eigenvalue weighted by Crippen LogP contribution is 2.33. The van der Waals surface area contributed by atoms with E-state index in [2.05, 4.69) is 10.2 Å². The molecule has 0 saturated carbocycles. The molecule has 0 amide bonds. The lowest BCUT2D eigenvalue weighted by atomic mass is 10.0. The largest absolute Gasteiger partial charge is 0.416 e. The number of hydrogen-bond acceptors (Lipinski definition) is 3. The molecule has 1 aromatic heterocycles. The highest BCUT2D eigenvalue weighted by Gasteiger charge is 2.33. The third-order valence-corrected chi connectivity index (χ3v) is 3.68. The van der Waals surface area contributed by atoms with Crippen LogP contribution in [-0.2, 0) is 19.1 Å². The maximum Gasteiger partial charge on any atom is 0.416 e. The number of fused-ring (bicyclic) bond motifs is 1. The Morgan fingerprint density at radius 1 is 1.24 bits per heavy atom. The molecule has 0 aliphatic carbocycles. The highest BCUT2D eigenvalue weighted by molar-refractivity contribution is 5.32. The van der Waals surface area contributed by atoms with E-state index in [1.165, 1.54) is 12.1 Å². The summed E-state index contributed by atoms with van der Waals surface area (Å²) >= 11 is 0. The minimum atomic E-state index is -4.39. The standard InChI is InChI=1S/C14H14F3N3O/c15-14(16,17)10-5-2-1-4-9(10)8-12-18-19-13-11(21)6-3-7-20(12)13/h1-2,4-5,11,21H,3,6-8H2. The predicted octanol–water partition coefficient (Wildman–Crippen LogP) is 2.71. The van der Waals surface area contributed by atoms with Gasteiger partial charge in [-0.2, -0.15) is 13.2 Å². The van der Waals surface area contributed by atoms with Crippen LogP contribution in [0.3, 0.4) is 0 Å². The zero-order valence-corrected chi connectivity index (χ0v) is 11.1. The number of benzene rings is 1. The van der Waals surface area contributed by atoms with Crippen LogP contribution in [0.15, 0.2) is 24.3 Å². The Kier molecular flexibility index (Phi) is 3.44. The smallest absolute Gasteiger partial charge is 0.385 e. The minimum Gasteiger partial charge on any atom is -0.385 e. The number of alkyl halides is 3. The van der Waals surface area contributed by atoms with E-state index in [-0.39, 0.29) is 12.0 Å². The van der Waals surface area contributed by atoms with E-state index in [0.717, 1.165) is 12.5 Å². The van der Waals surface area contributed by atoms with Crippen LogP contribution < -0.4 is 0 Å². The lowest BCUT2D eigenvalue weighted by Crippen LogP contribution is -2.18. The second-order valence-corrected chi connectivity index (χ2v) is 5.12. The van der Waals surface area contributed by atoms with Crippen molar-refractivity contribution in [1.82, 2.24) is 14.8 Å². The van der Waals surface area contributed by atoms with E-state index >= 15 is 0 Å². The van der Waals surface area contributed by atoms with Crippen molar-refractivity contribution in [3.8, 4) is 0 Å². The van der Waals surface area contributed by atoms with E-state index in [0.29, 0.717) is 24.6 Å². The first-order valence-corrected chi connectivity index (χ1v) is 6.72. The SMILES string of the molecule is OC1CCCn2c(Cc3ccccc3C(F)(F)F)nnc21. The number of hydrogen-bond donors (Lipinski definition) is 1. The minimum absolute atomic E-state index is 0.0510. The molecule has 3 rings (SSSR count). The van der Waals surface area contributed by atoms with Crippen molar-refractivity contribution < 1.29 is 18.3 Å². The van der Waals surface area contributed by atoms with Gasteiger partial charge in [0.25, 0.3) is 0 Å². The van der Waals surface area contributed by atoms with E-state index in [1.807, 2.05) is 0 Å². The summed E-state index contributed by atoms with van der Waals surface area (Å²) in [5.41, 5.74) is -0.487. The Morgan fingerprint density at radius 2 is 2.00 bits per heavy atom. The molecular formula is C14H14F3N3O. The lowest BCUT2D eigenvalue weighted by Gasteiger charge is -2.20. The first kappa shape index (κ1) is 14.1. The quantitative estimate of drug-likeness (QED) is 0.927. The van der Waals surface area contributed by atoms with Gasteiger partial charge in [0.2, 0.25) is 0 Å². The molecular weight excluding hydrogens is 283 g/mol. The Labute approximate surface area is 119 Å². The second kappa shape index (κ2) is 5.14. The van der Waals surface area contributed by atoms with E-state index < -0.39 is 17.8 Å². The van der Waals surface area contributed by atoms with Crippen LogP contribution in [0.4, 0.5) is 13.2 Å². The molecule has 0 bridgehead atoms. The van der Waals surface area contributed by atoms with Crippen molar-refractivity contribution in [2.45, 2.75) is 38.1 Å². The number of rotatable bonds is 2. The van der Waals surface area contributed by atoms with Gasteiger partial charge >= 0.3 is 6.18 Å². The van der Waals surface area contributed by atoms with Crippen LogP contribution >= 0.6 is 0 Å². The summed E-state index contributed by atoms with van der Waals surface area (Å²) in [6, 6.07) is 5.46. The molecule has 0 radical (unpaired) electrons. The second-order valence-electron chi connectivity index (χ2n) is 5.12. The summed E-state index contributed by atoms with van der Waals surface area (Å²) < 4.78 is 40.7. The van der Waals surface area contributed by atoms with Crippen LogP contribution in [0, 0.1) is 0 Å². The third kappa shape index (κ3) is 2.65. The zero-order chi connectivity index (χ0) is 15.0. The molecule has 1 aliphatic heterocycles. The van der Waals surface area contributed by atoms with Gasteiger partial charge in [-0.3, -0.25) is 0 Å². The summed E-state index contributed by atoms with van der Waals surface area (Å²) in [6.45, 7) is 0.628. The van der Waals surface area contributed by atoms with Crippen molar-refractivity contribution in [3.63, 3.8) is 0 Å².